The Bertz CT molecular complexity index is 219. The first-order valence-electron chi connectivity index (χ1n) is 3.75. The first kappa shape index (κ1) is 23.8. The van der Waals surface area contributed by atoms with Crippen LogP contribution in [0.25, 0.3) is 0 Å². The van der Waals surface area contributed by atoms with Gasteiger partial charge in [-0.2, -0.15) is 11.1 Å². The molecule has 1 rings (SSSR count). The Hall–Kier alpha value is 0.194. The molecule has 1 heteroatoms. The minimum Gasteiger partial charge on any atom is -0.358 e. The third kappa shape index (κ3) is 4.15. The summed E-state index contributed by atoms with van der Waals surface area (Å²) in [6, 6.07) is 0. The molecule has 0 aromatic heterocycles. The predicted octanol–water partition coefficient (Wildman–Crippen LogP) is 4.46. The second kappa shape index (κ2) is 7.48. The molecule has 0 unspecified atom stereocenters. The molecule has 0 saturated carbocycles. The molecular weight excluding hydrogens is 204 g/mol. The van der Waals surface area contributed by atoms with Gasteiger partial charge in [-0.05, 0) is 0 Å². The van der Waals surface area contributed by atoms with Crippen molar-refractivity contribution in [3.63, 3.8) is 0 Å². The van der Waals surface area contributed by atoms with Gasteiger partial charge in [0, 0.05) is 0 Å². The maximum Gasteiger partial charge on any atom is 4.00 e. The van der Waals surface area contributed by atoms with Gasteiger partial charge < -0.3 is 22.3 Å². The van der Waals surface area contributed by atoms with Crippen molar-refractivity contribution in [2.45, 2.75) is 34.6 Å². The molecule has 1 aliphatic rings. The summed E-state index contributed by atoms with van der Waals surface area (Å²) in [5.41, 5.74) is 4.39. The molecule has 0 bridgehead atoms. The Morgan fingerprint density at radius 2 is 1.29 bits per heavy atom. The van der Waals surface area contributed by atoms with E-state index in [0.29, 0.717) is 0 Å². The molecule has 0 N–H and O–H groups in total. The standard InChI is InChI=1S/C10H15.3CH3.Ti/c1-7-6-10(4,5)9(3)8(7)2;;;;/h1-5H3;3*1H3;/q4*-1;+4. The van der Waals surface area contributed by atoms with Crippen molar-refractivity contribution in [3.8, 4) is 0 Å². The molecule has 14 heavy (non-hydrogen) atoms. The van der Waals surface area contributed by atoms with Gasteiger partial charge in [0.2, 0.25) is 0 Å². The second-order valence-electron chi connectivity index (χ2n) is 3.62. The minimum atomic E-state index is 0. The molecule has 0 amide bonds. The summed E-state index contributed by atoms with van der Waals surface area (Å²) in [4.78, 5) is 0. The van der Waals surface area contributed by atoms with Crippen molar-refractivity contribution in [2.24, 2.45) is 5.41 Å². The van der Waals surface area contributed by atoms with Crippen LogP contribution >= 0.6 is 0 Å². The monoisotopic (exact) mass is 228 g/mol. The average Bonchev–Trinajstić information content (AvgIpc) is 1.95. The fourth-order valence-corrected chi connectivity index (χ4v) is 1.41. The second-order valence-corrected chi connectivity index (χ2v) is 3.62. The van der Waals surface area contributed by atoms with E-state index in [0.717, 1.165) is 0 Å². The van der Waals surface area contributed by atoms with Crippen LogP contribution in [0.15, 0.2) is 16.7 Å². The Labute approximate surface area is 107 Å². The summed E-state index contributed by atoms with van der Waals surface area (Å²) >= 11 is 0. The summed E-state index contributed by atoms with van der Waals surface area (Å²) in [6.45, 7) is 10.9. The number of hydrogen-bond acceptors (Lipinski definition) is 0. The van der Waals surface area contributed by atoms with Gasteiger partial charge in [-0.25, -0.2) is 5.57 Å². The summed E-state index contributed by atoms with van der Waals surface area (Å²) in [5.74, 6) is 0. The summed E-state index contributed by atoms with van der Waals surface area (Å²) < 4.78 is 0. The Balaban J connectivity index is -0.000000125. The predicted molar refractivity (Wildman–Crippen MR) is 63.8 cm³/mol. The van der Waals surface area contributed by atoms with E-state index >= 15 is 0 Å². The van der Waals surface area contributed by atoms with Gasteiger partial charge in [-0.15, -0.1) is 6.92 Å². The van der Waals surface area contributed by atoms with E-state index in [-0.39, 0.29) is 49.4 Å². The summed E-state index contributed by atoms with van der Waals surface area (Å²) in [5, 5.41) is 0. The van der Waals surface area contributed by atoms with Crippen LogP contribution in [0.2, 0.25) is 0 Å². The van der Waals surface area contributed by atoms with E-state index in [1.165, 1.54) is 16.7 Å². The van der Waals surface area contributed by atoms with Crippen LogP contribution in [-0.2, 0) is 21.7 Å². The molecular formula is C13H24Ti. The molecule has 0 aliphatic heterocycles. The quantitative estimate of drug-likeness (QED) is 0.424. The molecule has 0 aromatic carbocycles. The van der Waals surface area contributed by atoms with Crippen LogP contribution < -0.4 is 0 Å². The van der Waals surface area contributed by atoms with Gasteiger partial charge in [0.25, 0.3) is 0 Å². The topological polar surface area (TPSA) is 0 Å². The number of allylic oxidation sites excluding steroid dienone is 4. The zero-order valence-corrected chi connectivity index (χ0v) is 12.6. The van der Waals surface area contributed by atoms with E-state index < -0.39 is 0 Å². The smallest absolute Gasteiger partial charge is 0.358 e. The van der Waals surface area contributed by atoms with Crippen LogP contribution in [0.4, 0.5) is 0 Å². The van der Waals surface area contributed by atoms with Crippen molar-refractivity contribution in [1.29, 1.82) is 0 Å². The van der Waals surface area contributed by atoms with Crippen molar-refractivity contribution in [2.75, 3.05) is 0 Å². The largest absolute Gasteiger partial charge is 4.00 e. The Morgan fingerprint density at radius 1 is 0.929 bits per heavy atom. The van der Waals surface area contributed by atoms with Gasteiger partial charge in [-0.3, -0.25) is 6.08 Å². The summed E-state index contributed by atoms with van der Waals surface area (Å²) in [7, 11) is 0. The fraction of sp³-hybridized carbons (Fsp3) is 0.462. The maximum absolute atomic E-state index is 3.44. The molecule has 0 aromatic rings. The SMILES string of the molecule is CC1=[C-]C(C)(C)C(C)=C1C.[CH3-].[CH3-].[CH3-].[Ti+4]. The minimum absolute atomic E-state index is 0. The van der Waals surface area contributed by atoms with E-state index in [1.54, 1.807) is 0 Å². The first-order valence-corrected chi connectivity index (χ1v) is 3.75. The van der Waals surface area contributed by atoms with E-state index in [4.69, 9.17) is 0 Å². The van der Waals surface area contributed by atoms with Gasteiger partial charge in [0.15, 0.2) is 0 Å². The molecule has 0 heterocycles. The van der Waals surface area contributed by atoms with Crippen LogP contribution in [0.3, 0.4) is 0 Å². The Morgan fingerprint density at radius 3 is 1.36 bits per heavy atom. The van der Waals surface area contributed by atoms with E-state index in [1.807, 2.05) is 0 Å². The molecule has 0 nitrogen and oxygen atoms in total. The molecule has 0 spiro atoms. The van der Waals surface area contributed by atoms with Crippen molar-refractivity contribution >= 4 is 0 Å². The van der Waals surface area contributed by atoms with Gasteiger partial charge in [0.1, 0.15) is 0 Å². The first-order chi connectivity index (χ1) is 4.45. The third-order valence-electron chi connectivity index (χ3n) is 2.56. The van der Waals surface area contributed by atoms with Crippen LogP contribution in [0.1, 0.15) is 34.6 Å². The molecule has 0 saturated heterocycles. The third-order valence-corrected chi connectivity index (χ3v) is 2.56. The molecule has 0 atom stereocenters. The van der Waals surface area contributed by atoms with E-state index in [2.05, 4.69) is 40.7 Å². The zero-order valence-electron chi connectivity index (χ0n) is 11.0. The van der Waals surface area contributed by atoms with Gasteiger partial charge >= 0.3 is 21.7 Å². The normalized spacial score (nSPS) is 16.8. The fourth-order valence-electron chi connectivity index (χ4n) is 1.41. The molecule has 1 aliphatic carbocycles. The number of hydrogen-bond donors (Lipinski definition) is 0. The van der Waals surface area contributed by atoms with Crippen LogP contribution in [0, 0.1) is 33.8 Å². The molecule has 0 radical (unpaired) electrons. The summed E-state index contributed by atoms with van der Waals surface area (Å²) in [6.07, 6.45) is 3.44. The molecule has 0 fully saturated rings. The Kier molecular flexibility index (Phi) is 12.7. The van der Waals surface area contributed by atoms with Crippen molar-refractivity contribution in [1.82, 2.24) is 0 Å². The van der Waals surface area contributed by atoms with Gasteiger partial charge in [0.05, 0.1) is 0 Å². The maximum atomic E-state index is 3.44. The number of rotatable bonds is 0. The van der Waals surface area contributed by atoms with E-state index in [9.17, 15) is 0 Å². The average molecular weight is 228 g/mol. The van der Waals surface area contributed by atoms with Crippen LogP contribution in [-0.4, -0.2) is 0 Å². The van der Waals surface area contributed by atoms with Gasteiger partial charge in [-0.1, -0.05) is 33.1 Å². The zero-order chi connectivity index (χ0) is 7.94. The molecule has 80 valence electrons. The van der Waals surface area contributed by atoms with Crippen LogP contribution in [0.5, 0.6) is 0 Å². The van der Waals surface area contributed by atoms with Crippen molar-refractivity contribution < 1.29 is 21.7 Å². The van der Waals surface area contributed by atoms with Crippen molar-refractivity contribution in [3.05, 3.63) is 45.1 Å².